The molecule has 1 aliphatic heterocycles. The van der Waals surface area contributed by atoms with Gasteiger partial charge in [-0.2, -0.15) is 5.26 Å². The molecule has 1 saturated heterocycles. The van der Waals surface area contributed by atoms with Crippen LogP contribution >= 0.6 is 11.6 Å². The Morgan fingerprint density at radius 1 is 1.56 bits per heavy atom. The highest BCUT2D eigenvalue weighted by molar-refractivity contribution is 6.31. The number of ether oxygens (including phenoxy) is 1. The normalized spacial score (nSPS) is 19.4. The zero-order chi connectivity index (χ0) is 11.4. The van der Waals surface area contributed by atoms with Crippen LogP contribution < -0.4 is 10.1 Å². The van der Waals surface area contributed by atoms with E-state index in [1.54, 1.807) is 18.2 Å². The summed E-state index contributed by atoms with van der Waals surface area (Å²) in [5.41, 5.74) is 0.419. The number of halogens is 1. The van der Waals surface area contributed by atoms with Gasteiger partial charge in [-0.3, -0.25) is 0 Å². The molecule has 1 unspecified atom stereocenters. The van der Waals surface area contributed by atoms with Crippen molar-refractivity contribution in [3.05, 3.63) is 28.8 Å². The minimum absolute atomic E-state index is 0.394. The van der Waals surface area contributed by atoms with Crippen LogP contribution in [0.2, 0.25) is 5.02 Å². The molecule has 2 rings (SSSR count). The average Bonchev–Trinajstić information content (AvgIpc) is 2.79. The van der Waals surface area contributed by atoms with Crippen molar-refractivity contribution in [2.45, 2.75) is 18.9 Å². The fourth-order valence-electron chi connectivity index (χ4n) is 1.82. The molecule has 16 heavy (non-hydrogen) atoms. The summed E-state index contributed by atoms with van der Waals surface area (Å²) in [4.78, 5) is 0. The van der Waals surface area contributed by atoms with E-state index in [0.717, 1.165) is 13.0 Å². The highest BCUT2D eigenvalue weighted by atomic mass is 35.5. The van der Waals surface area contributed by atoms with E-state index in [0.29, 0.717) is 29.0 Å². The maximum absolute atomic E-state index is 8.96. The first-order valence-corrected chi connectivity index (χ1v) is 5.74. The van der Waals surface area contributed by atoms with Crippen molar-refractivity contribution >= 4 is 11.6 Å². The Morgan fingerprint density at radius 2 is 2.44 bits per heavy atom. The molecule has 1 heterocycles. The Kier molecular flexibility index (Phi) is 3.66. The summed E-state index contributed by atoms with van der Waals surface area (Å²) >= 11 is 5.91. The fourth-order valence-corrected chi connectivity index (χ4v) is 2.03. The van der Waals surface area contributed by atoms with E-state index in [4.69, 9.17) is 21.6 Å². The van der Waals surface area contributed by atoms with Gasteiger partial charge in [0, 0.05) is 6.04 Å². The van der Waals surface area contributed by atoms with Crippen molar-refractivity contribution < 1.29 is 4.74 Å². The van der Waals surface area contributed by atoms with Gasteiger partial charge in [0.05, 0.1) is 5.02 Å². The molecule has 0 aliphatic carbocycles. The number of nitrogens with one attached hydrogen (secondary N) is 1. The molecule has 4 heteroatoms. The van der Waals surface area contributed by atoms with Gasteiger partial charge in [-0.05, 0) is 31.5 Å². The molecule has 1 N–H and O–H groups in total. The van der Waals surface area contributed by atoms with E-state index in [1.807, 2.05) is 0 Å². The molecule has 0 radical (unpaired) electrons. The minimum atomic E-state index is 0.394. The Labute approximate surface area is 100.0 Å². The van der Waals surface area contributed by atoms with Crippen LogP contribution in [0.25, 0.3) is 0 Å². The van der Waals surface area contributed by atoms with Gasteiger partial charge >= 0.3 is 0 Å². The summed E-state index contributed by atoms with van der Waals surface area (Å²) in [6.07, 6.45) is 2.32. The minimum Gasteiger partial charge on any atom is -0.491 e. The number of hydrogen-bond acceptors (Lipinski definition) is 3. The number of benzene rings is 1. The second-order valence-electron chi connectivity index (χ2n) is 3.83. The predicted octanol–water partition coefficient (Wildman–Crippen LogP) is 2.34. The first kappa shape index (κ1) is 11.3. The third-order valence-electron chi connectivity index (χ3n) is 2.69. The van der Waals surface area contributed by atoms with Crippen LogP contribution in [0.4, 0.5) is 0 Å². The third-order valence-corrected chi connectivity index (χ3v) is 3.00. The van der Waals surface area contributed by atoms with E-state index >= 15 is 0 Å². The molecule has 1 fully saturated rings. The standard InChI is InChI=1S/C12H13ClN2O/c13-11-4-1-5-12(10(11)7-14)16-8-9-3-2-6-15-9/h1,4-5,9,15H,2-3,6,8H2. The van der Waals surface area contributed by atoms with E-state index < -0.39 is 0 Å². The monoisotopic (exact) mass is 236 g/mol. The second-order valence-corrected chi connectivity index (χ2v) is 4.24. The highest BCUT2D eigenvalue weighted by Gasteiger charge is 2.15. The molecular formula is C12H13ClN2O. The molecule has 0 saturated carbocycles. The Balaban J connectivity index is 2.03. The van der Waals surface area contributed by atoms with E-state index in [1.165, 1.54) is 6.42 Å². The summed E-state index contributed by atoms with van der Waals surface area (Å²) in [6.45, 7) is 1.64. The molecule has 3 nitrogen and oxygen atoms in total. The van der Waals surface area contributed by atoms with E-state index in [-0.39, 0.29) is 0 Å². The van der Waals surface area contributed by atoms with Gasteiger partial charge in [0.25, 0.3) is 0 Å². The quantitative estimate of drug-likeness (QED) is 0.876. The number of nitriles is 1. The summed E-state index contributed by atoms with van der Waals surface area (Å²) in [6, 6.07) is 7.72. The second kappa shape index (κ2) is 5.20. The van der Waals surface area contributed by atoms with E-state index in [9.17, 15) is 0 Å². The lowest BCUT2D eigenvalue weighted by molar-refractivity contribution is 0.276. The van der Waals surface area contributed by atoms with Gasteiger partial charge < -0.3 is 10.1 Å². The summed E-state index contributed by atoms with van der Waals surface area (Å²) < 4.78 is 5.62. The van der Waals surface area contributed by atoms with Crippen LogP contribution in [-0.4, -0.2) is 19.2 Å². The van der Waals surface area contributed by atoms with Gasteiger partial charge in [0.1, 0.15) is 24.0 Å². The van der Waals surface area contributed by atoms with Crippen LogP contribution in [-0.2, 0) is 0 Å². The fraction of sp³-hybridized carbons (Fsp3) is 0.417. The molecule has 0 bridgehead atoms. The van der Waals surface area contributed by atoms with Gasteiger partial charge in [-0.15, -0.1) is 0 Å². The van der Waals surface area contributed by atoms with Crippen LogP contribution in [0.3, 0.4) is 0 Å². The van der Waals surface area contributed by atoms with Crippen LogP contribution in [0, 0.1) is 11.3 Å². The van der Waals surface area contributed by atoms with E-state index in [2.05, 4.69) is 11.4 Å². The maximum Gasteiger partial charge on any atom is 0.138 e. The number of rotatable bonds is 3. The van der Waals surface area contributed by atoms with Crippen molar-refractivity contribution in [3.8, 4) is 11.8 Å². The molecule has 0 aromatic heterocycles. The lowest BCUT2D eigenvalue weighted by Crippen LogP contribution is -2.28. The zero-order valence-electron chi connectivity index (χ0n) is 8.87. The van der Waals surface area contributed by atoms with Gasteiger partial charge in [0.2, 0.25) is 0 Å². The van der Waals surface area contributed by atoms with Gasteiger partial charge in [-0.1, -0.05) is 17.7 Å². The van der Waals surface area contributed by atoms with Crippen LogP contribution in [0.15, 0.2) is 18.2 Å². The Hall–Kier alpha value is -1.24. The van der Waals surface area contributed by atoms with Crippen molar-refractivity contribution in [2.75, 3.05) is 13.2 Å². The predicted molar refractivity (Wildman–Crippen MR) is 62.7 cm³/mol. The molecule has 0 amide bonds. The van der Waals surface area contributed by atoms with Crippen LogP contribution in [0.1, 0.15) is 18.4 Å². The first-order valence-electron chi connectivity index (χ1n) is 5.36. The SMILES string of the molecule is N#Cc1c(Cl)cccc1OCC1CCCN1. The third kappa shape index (κ3) is 2.46. The highest BCUT2D eigenvalue weighted by Crippen LogP contribution is 2.25. The van der Waals surface area contributed by atoms with Gasteiger partial charge in [-0.25, -0.2) is 0 Å². The molecular weight excluding hydrogens is 224 g/mol. The smallest absolute Gasteiger partial charge is 0.138 e. The summed E-state index contributed by atoms with van der Waals surface area (Å²) in [5, 5.41) is 12.7. The molecule has 1 aromatic rings. The van der Waals surface area contributed by atoms with Gasteiger partial charge in [0.15, 0.2) is 0 Å². The average molecular weight is 237 g/mol. The largest absolute Gasteiger partial charge is 0.491 e. The van der Waals surface area contributed by atoms with Crippen molar-refractivity contribution in [2.24, 2.45) is 0 Å². The summed E-state index contributed by atoms with van der Waals surface area (Å²) in [7, 11) is 0. The van der Waals surface area contributed by atoms with Crippen molar-refractivity contribution in [3.63, 3.8) is 0 Å². The molecule has 1 aromatic carbocycles. The van der Waals surface area contributed by atoms with Crippen LogP contribution in [0.5, 0.6) is 5.75 Å². The number of hydrogen-bond donors (Lipinski definition) is 1. The Bertz CT molecular complexity index is 408. The van der Waals surface area contributed by atoms with Crippen molar-refractivity contribution in [1.29, 1.82) is 5.26 Å². The van der Waals surface area contributed by atoms with Crippen molar-refractivity contribution in [1.82, 2.24) is 5.32 Å². The number of nitrogens with zero attached hydrogens (tertiary/aromatic N) is 1. The lowest BCUT2D eigenvalue weighted by atomic mass is 10.2. The molecule has 1 aliphatic rings. The molecule has 0 spiro atoms. The molecule has 84 valence electrons. The Morgan fingerprint density at radius 3 is 3.12 bits per heavy atom. The molecule has 1 atom stereocenters. The topological polar surface area (TPSA) is 45.0 Å². The first-order chi connectivity index (χ1) is 7.81. The zero-order valence-corrected chi connectivity index (χ0v) is 9.63. The lowest BCUT2D eigenvalue weighted by Gasteiger charge is -2.13. The maximum atomic E-state index is 8.96. The summed E-state index contributed by atoms with van der Waals surface area (Å²) in [5.74, 6) is 0.573.